The predicted molar refractivity (Wildman–Crippen MR) is 65.1 cm³/mol. The first-order valence-corrected chi connectivity index (χ1v) is 5.98. The van der Waals surface area contributed by atoms with Crippen molar-refractivity contribution in [2.75, 3.05) is 19.8 Å². The van der Waals surface area contributed by atoms with Gasteiger partial charge in [0.1, 0.15) is 5.52 Å². The summed E-state index contributed by atoms with van der Waals surface area (Å²) in [6, 6.07) is 6.61. The van der Waals surface area contributed by atoms with Crippen LogP contribution in [0.4, 0.5) is 0 Å². The molecule has 1 aromatic heterocycles. The molecule has 1 aromatic carbocycles. The Balaban J connectivity index is 1.79. The number of fused-ring (bicyclic) bond motifs is 1. The predicted octanol–water partition coefficient (Wildman–Crippen LogP) is 1.67. The summed E-state index contributed by atoms with van der Waals surface area (Å²) in [6.07, 6.45) is 0.968. The first-order valence-electron chi connectivity index (χ1n) is 5.98. The summed E-state index contributed by atoms with van der Waals surface area (Å²) in [5, 5.41) is 3.45. The van der Waals surface area contributed by atoms with Crippen LogP contribution in [0, 0.1) is 6.92 Å². The Labute approximate surface area is 100.0 Å². The molecular formula is C13H16N2O2. The van der Waals surface area contributed by atoms with E-state index in [0.717, 1.165) is 43.2 Å². The fraction of sp³-hybridized carbons (Fsp3) is 0.462. The third-order valence-corrected chi connectivity index (χ3v) is 3.04. The zero-order valence-electron chi connectivity index (χ0n) is 9.90. The van der Waals surface area contributed by atoms with Gasteiger partial charge in [-0.2, -0.15) is 0 Å². The molecule has 0 radical (unpaired) electrons. The highest BCUT2D eigenvalue weighted by Gasteiger charge is 2.14. The van der Waals surface area contributed by atoms with Gasteiger partial charge in [-0.15, -0.1) is 0 Å². The second-order valence-corrected chi connectivity index (χ2v) is 4.47. The number of nitrogens with zero attached hydrogens (tertiary/aromatic N) is 1. The average molecular weight is 232 g/mol. The number of benzene rings is 1. The van der Waals surface area contributed by atoms with Crippen molar-refractivity contribution in [1.29, 1.82) is 0 Å². The quantitative estimate of drug-likeness (QED) is 0.855. The third kappa shape index (κ3) is 2.33. The van der Waals surface area contributed by atoms with Gasteiger partial charge in [0.25, 0.3) is 0 Å². The van der Waals surface area contributed by atoms with Gasteiger partial charge in [-0.05, 0) is 24.1 Å². The van der Waals surface area contributed by atoms with Crippen molar-refractivity contribution in [2.24, 2.45) is 0 Å². The Bertz CT molecular complexity index is 515. The SMILES string of the molecule is Cc1nc2ccc(CC3COCCN3)cc2o1. The molecule has 3 rings (SSSR count). The van der Waals surface area contributed by atoms with Crippen molar-refractivity contribution < 1.29 is 9.15 Å². The van der Waals surface area contributed by atoms with E-state index < -0.39 is 0 Å². The number of nitrogens with one attached hydrogen (secondary N) is 1. The van der Waals surface area contributed by atoms with Crippen LogP contribution in [-0.2, 0) is 11.2 Å². The Kier molecular flexibility index (Phi) is 2.82. The van der Waals surface area contributed by atoms with E-state index in [0.29, 0.717) is 6.04 Å². The summed E-state index contributed by atoms with van der Waals surface area (Å²) in [5.74, 6) is 0.719. The van der Waals surface area contributed by atoms with Crippen molar-refractivity contribution in [3.63, 3.8) is 0 Å². The van der Waals surface area contributed by atoms with Crippen LogP contribution >= 0.6 is 0 Å². The lowest BCUT2D eigenvalue weighted by atomic mass is 10.1. The van der Waals surface area contributed by atoms with Gasteiger partial charge in [0, 0.05) is 19.5 Å². The number of hydrogen-bond acceptors (Lipinski definition) is 4. The third-order valence-electron chi connectivity index (χ3n) is 3.04. The Morgan fingerprint density at radius 1 is 1.47 bits per heavy atom. The summed E-state index contributed by atoms with van der Waals surface area (Å²) < 4.78 is 11.0. The molecule has 4 nitrogen and oxygen atoms in total. The number of ether oxygens (including phenoxy) is 1. The average Bonchev–Trinajstić information content (AvgIpc) is 2.70. The molecule has 1 atom stereocenters. The highest BCUT2D eigenvalue weighted by Crippen LogP contribution is 2.18. The lowest BCUT2D eigenvalue weighted by Crippen LogP contribution is -2.42. The molecule has 1 unspecified atom stereocenters. The van der Waals surface area contributed by atoms with Crippen LogP contribution in [0.3, 0.4) is 0 Å². The molecule has 4 heteroatoms. The maximum absolute atomic E-state index is 5.53. The summed E-state index contributed by atoms with van der Waals surface area (Å²) in [5.41, 5.74) is 3.06. The highest BCUT2D eigenvalue weighted by atomic mass is 16.5. The summed E-state index contributed by atoms with van der Waals surface area (Å²) in [4.78, 5) is 4.29. The lowest BCUT2D eigenvalue weighted by Gasteiger charge is -2.23. The van der Waals surface area contributed by atoms with E-state index in [9.17, 15) is 0 Å². The van der Waals surface area contributed by atoms with Crippen molar-refractivity contribution in [1.82, 2.24) is 10.3 Å². The van der Waals surface area contributed by atoms with Gasteiger partial charge in [-0.1, -0.05) is 6.07 Å². The molecule has 0 aliphatic carbocycles. The van der Waals surface area contributed by atoms with E-state index in [2.05, 4.69) is 22.4 Å². The molecule has 17 heavy (non-hydrogen) atoms. The van der Waals surface area contributed by atoms with Gasteiger partial charge in [0.2, 0.25) is 0 Å². The first kappa shape index (κ1) is 10.7. The molecule has 2 heterocycles. The first-order chi connectivity index (χ1) is 8.31. The van der Waals surface area contributed by atoms with Crippen molar-refractivity contribution in [3.8, 4) is 0 Å². The van der Waals surface area contributed by atoms with Crippen LogP contribution < -0.4 is 5.32 Å². The molecule has 1 saturated heterocycles. The minimum atomic E-state index is 0.408. The molecule has 1 aliphatic heterocycles. The monoisotopic (exact) mass is 232 g/mol. The lowest BCUT2D eigenvalue weighted by molar-refractivity contribution is 0.0770. The number of aryl methyl sites for hydroxylation is 1. The standard InChI is InChI=1S/C13H16N2O2/c1-9-15-12-3-2-10(7-13(12)17-9)6-11-8-16-5-4-14-11/h2-3,7,11,14H,4-6,8H2,1H3. The second kappa shape index (κ2) is 4.47. The van der Waals surface area contributed by atoms with E-state index in [1.165, 1.54) is 5.56 Å². The van der Waals surface area contributed by atoms with Crippen molar-refractivity contribution >= 4 is 11.1 Å². The number of oxazole rings is 1. The highest BCUT2D eigenvalue weighted by molar-refractivity contribution is 5.73. The molecule has 0 spiro atoms. The summed E-state index contributed by atoms with van der Waals surface area (Å²) >= 11 is 0. The van der Waals surface area contributed by atoms with Gasteiger partial charge in [-0.3, -0.25) is 0 Å². The normalized spacial score (nSPS) is 20.9. The smallest absolute Gasteiger partial charge is 0.192 e. The van der Waals surface area contributed by atoms with Crippen LogP contribution in [0.1, 0.15) is 11.5 Å². The minimum absolute atomic E-state index is 0.408. The number of morpholine rings is 1. The van der Waals surface area contributed by atoms with Crippen molar-refractivity contribution in [3.05, 3.63) is 29.7 Å². The Morgan fingerprint density at radius 2 is 2.41 bits per heavy atom. The van der Waals surface area contributed by atoms with Crippen LogP contribution in [0.5, 0.6) is 0 Å². The van der Waals surface area contributed by atoms with Gasteiger partial charge >= 0.3 is 0 Å². The maximum atomic E-state index is 5.53. The fourth-order valence-electron chi connectivity index (χ4n) is 2.25. The van der Waals surface area contributed by atoms with Crippen LogP contribution in [0.25, 0.3) is 11.1 Å². The largest absolute Gasteiger partial charge is 0.441 e. The van der Waals surface area contributed by atoms with Gasteiger partial charge in [-0.25, -0.2) is 4.98 Å². The van der Waals surface area contributed by atoms with Crippen molar-refractivity contribution in [2.45, 2.75) is 19.4 Å². The zero-order valence-corrected chi connectivity index (χ0v) is 9.90. The van der Waals surface area contributed by atoms with Crippen LogP contribution in [0.2, 0.25) is 0 Å². The molecule has 0 bridgehead atoms. The molecule has 1 N–H and O–H groups in total. The Hall–Kier alpha value is -1.39. The molecule has 0 saturated carbocycles. The van der Waals surface area contributed by atoms with Gasteiger partial charge in [0.15, 0.2) is 11.5 Å². The van der Waals surface area contributed by atoms with E-state index in [-0.39, 0.29) is 0 Å². The summed E-state index contributed by atoms with van der Waals surface area (Å²) in [6.45, 7) is 4.41. The van der Waals surface area contributed by atoms with E-state index in [4.69, 9.17) is 9.15 Å². The number of aromatic nitrogens is 1. The van der Waals surface area contributed by atoms with Crippen LogP contribution in [0.15, 0.2) is 22.6 Å². The number of hydrogen-bond donors (Lipinski definition) is 1. The fourth-order valence-corrected chi connectivity index (χ4v) is 2.25. The van der Waals surface area contributed by atoms with E-state index in [1.54, 1.807) is 0 Å². The summed E-state index contributed by atoms with van der Waals surface area (Å²) in [7, 11) is 0. The molecule has 1 fully saturated rings. The number of rotatable bonds is 2. The van der Waals surface area contributed by atoms with Crippen LogP contribution in [-0.4, -0.2) is 30.8 Å². The van der Waals surface area contributed by atoms with Gasteiger partial charge < -0.3 is 14.5 Å². The zero-order chi connectivity index (χ0) is 11.7. The molecule has 90 valence electrons. The molecule has 1 aliphatic rings. The maximum Gasteiger partial charge on any atom is 0.192 e. The molecule has 2 aromatic rings. The topological polar surface area (TPSA) is 47.3 Å². The van der Waals surface area contributed by atoms with E-state index >= 15 is 0 Å². The molecular weight excluding hydrogens is 216 g/mol. The second-order valence-electron chi connectivity index (χ2n) is 4.47. The minimum Gasteiger partial charge on any atom is -0.441 e. The van der Waals surface area contributed by atoms with Gasteiger partial charge in [0.05, 0.1) is 13.2 Å². The van der Waals surface area contributed by atoms with E-state index in [1.807, 2.05) is 13.0 Å². The molecule has 0 amide bonds. The Morgan fingerprint density at radius 3 is 3.24 bits per heavy atom.